The largest absolute Gasteiger partial charge is 0.372 e. The van der Waals surface area contributed by atoms with Gasteiger partial charge in [0.2, 0.25) is 0 Å². The third-order valence-corrected chi connectivity index (χ3v) is 3.39. The van der Waals surface area contributed by atoms with E-state index in [9.17, 15) is 9.18 Å². The Hall–Kier alpha value is -1.53. The number of halogens is 1. The summed E-state index contributed by atoms with van der Waals surface area (Å²) in [5, 5.41) is 3.04. The predicted molar refractivity (Wildman–Crippen MR) is 78.0 cm³/mol. The van der Waals surface area contributed by atoms with Crippen molar-refractivity contribution < 1.29 is 13.9 Å². The molecule has 4 nitrogen and oxygen atoms in total. The number of thiocarbonyl (C=S) groups is 1. The van der Waals surface area contributed by atoms with E-state index in [1.54, 1.807) is 0 Å². The zero-order valence-corrected chi connectivity index (χ0v) is 12.2. The van der Waals surface area contributed by atoms with Crippen LogP contribution in [0.2, 0.25) is 0 Å². The van der Waals surface area contributed by atoms with E-state index in [1.165, 1.54) is 24.3 Å². The molecule has 2 rings (SSSR count). The molecule has 108 valence electrons. The van der Waals surface area contributed by atoms with Crippen LogP contribution in [-0.4, -0.2) is 41.2 Å². The number of hydrogen-bond donors (Lipinski definition) is 1. The summed E-state index contributed by atoms with van der Waals surface area (Å²) in [6.07, 6.45) is 0.138. The van der Waals surface area contributed by atoms with E-state index in [0.717, 1.165) is 0 Å². The Balaban J connectivity index is 1.97. The minimum absolute atomic E-state index is 0.0689. The lowest BCUT2D eigenvalue weighted by molar-refractivity contribution is -0.0481. The van der Waals surface area contributed by atoms with Crippen LogP contribution in [0, 0.1) is 5.82 Å². The molecule has 0 spiro atoms. The van der Waals surface area contributed by atoms with Crippen molar-refractivity contribution in [3.63, 3.8) is 0 Å². The summed E-state index contributed by atoms with van der Waals surface area (Å²) in [5.41, 5.74) is 0.378. The Morgan fingerprint density at radius 1 is 1.30 bits per heavy atom. The van der Waals surface area contributed by atoms with Gasteiger partial charge in [-0.2, -0.15) is 0 Å². The Bertz CT molecular complexity index is 496. The molecule has 0 unspecified atom stereocenters. The molecule has 1 amide bonds. The Labute approximate surface area is 122 Å². The molecule has 0 aliphatic carbocycles. The molecule has 1 fully saturated rings. The first-order valence-corrected chi connectivity index (χ1v) is 6.88. The van der Waals surface area contributed by atoms with Crippen molar-refractivity contribution in [3.05, 3.63) is 35.6 Å². The van der Waals surface area contributed by atoms with Crippen molar-refractivity contribution in [1.82, 2.24) is 10.2 Å². The minimum Gasteiger partial charge on any atom is -0.372 e. The molecule has 0 saturated carbocycles. The van der Waals surface area contributed by atoms with Crippen LogP contribution in [0.4, 0.5) is 4.39 Å². The second-order valence-electron chi connectivity index (χ2n) is 4.93. The van der Waals surface area contributed by atoms with Crippen LogP contribution >= 0.6 is 12.2 Å². The molecule has 1 saturated heterocycles. The third-order valence-electron chi connectivity index (χ3n) is 3.03. The van der Waals surface area contributed by atoms with Crippen molar-refractivity contribution in [2.24, 2.45) is 0 Å². The van der Waals surface area contributed by atoms with Crippen molar-refractivity contribution in [3.8, 4) is 0 Å². The van der Waals surface area contributed by atoms with Gasteiger partial charge in [-0.05, 0) is 50.3 Å². The van der Waals surface area contributed by atoms with E-state index in [2.05, 4.69) is 5.32 Å². The Morgan fingerprint density at radius 2 is 1.85 bits per heavy atom. The van der Waals surface area contributed by atoms with Crippen LogP contribution < -0.4 is 5.32 Å². The predicted octanol–water partition coefficient (Wildman–Crippen LogP) is 1.95. The maximum Gasteiger partial charge on any atom is 0.257 e. The fourth-order valence-electron chi connectivity index (χ4n) is 2.19. The van der Waals surface area contributed by atoms with Crippen molar-refractivity contribution >= 4 is 23.2 Å². The van der Waals surface area contributed by atoms with Gasteiger partial charge < -0.3 is 9.64 Å². The lowest BCUT2D eigenvalue weighted by atomic mass is 10.2. The van der Waals surface area contributed by atoms with Crippen molar-refractivity contribution in [2.45, 2.75) is 26.1 Å². The highest BCUT2D eigenvalue weighted by Crippen LogP contribution is 2.11. The number of carbonyl (C=O) groups is 1. The number of amides is 1. The van der Waals surface area contributed by atoms with Crippen LogP contribution in [0.3, 0.4) is 0 Å². The van der Waals surface area contributed by atoms with Crippen LogP contribution in [0.5, 0.6) is 0 Å². The summed E-state index contributed by atoms with van der Waals surface area (Å²) in [6, 6.07) is 5.35. The molecular formula is C14H17FN2O2S. The van der Waals surface area contributed by atoms with Gasteiger partial charge in [-0.1, -0.05) is 0 Å². The number of morpholine rings is 1. The highest BCUT2D eigenvalue weighted by molar-refractivity contribution is 7.80. The summed E-state index contributed by atoms with van der Waals surface area (Å²) in [7, 11) is 0. The molecule has 2 atom stereocenters. The van der Waals surface area contributed by atoms with Gasteiger partial charge in [-0.3, -0.25) is 10.1 Å². The van der Waals surface area contributed by atoms with E-state index >= 15 is 0 Å². The number of carbonyl (C=O) groups excluding carboxylic acids is 1. The lowest BCUT2D eigenvalue weighted by Crippen LogP contribution is -2.52. The van der Waals surface area contributed by atoms with E-state index in [4.69, 9.17) is 17.0 Å². The van der Waals surface area contributed by atoms with Gasteiger partial charge in [-0.25, -0.2) is 4.39 Å². The molecule has 1 N–H and O–H groups in total. The molecule has 1 aliphatic heterocycles. The molecule has 1 aromatic carbocycles. The quantitative estimate of drug-likeness (QED) is 0.804. The summed E-state index contributed by atoms with van der Waals surface area (Å²) in [6.45, 7) is 5.22. The molecule has 20 heavy (non-hydrogen) atoms. The smallest absolute Gasteiger partial charge is 0.257 e. The highest BCUT2D eigenvalue weighted by atomic mass is 32.1. The van der Waals surface area contributed by atoms with E-state index < -0.39 is 0 Å². The minimum atomic E-state index is -0.375. The Morgan fingerprint density at radius 3 is 2.40 bits per heavy atom. The first-order valence-electron chi connectivity index (χ1n) is 6.47. The maximum absolute atomic E-state index is 12.8. The summed E-state index contributed by atoms with van der Waals surface area (Å²) < 4.78 is 18.4. The molecule has 1 aromatic rings. The number of ether oxygens (including phenoxy) is 1. The monoisotopic (exact) mass is 296 g/mol. The van der Waals surface area contributed by atoms with Crippen LogP contribution in [0.15, 0.2) is 24.3 Å². The molecule has 6 heteroatoms. The normalized spacial score (nSPS) is 22.4. The van der Waals surface area contributed by atoms with Gasteiger partial charge >= 0.3 is 0 Å². The first-order chi connectivity index (χ1) is 9.45. The average molecular weight is 296 g/mol. The molecule has 0 aromatic heterocycles. The van der Waals surface area contributed by atoms with Gasteiger partial charge in [0, 0.05) is 18.7 Å². The van der Waals surface area contributed by atoms with Gasteiger partial charge in [-0.15, -0.1) is 0 Å². The van der Waals surface area contributed by atoms with E-state index in [0.29, 0.717) is 23.8 Å². The molecule has 1 aliphatic rings. The third kappa shape index (κ3) is 3.74. The number of nitrogens with one attached hydrogen (secondary N) is 1. The van der Waals surface area contributed by atoms with E-state index in [-0.39, 0.29) is 23.9 Å². The molecule has 0 bridgehead atoms. The average Bonchev–Trinajstić information content (AvgIpc) is 2.38. The zero-order chi connectivity index (χ0) is 14.7. The second kappa shape index (κ2) is 6.28. The standard InChI is InChI=1S/C14H17FN2O2S/c1-9-7-17(8-10(2)19-9)14(20)16-13(18)11-3-5-12(15)6-4-11/h3-6,9-10H,7-8H2,1-2H3,(H,16,18,20)/t9-,10+. The Kier molecular flexibility index (Phi) is 4.67. The van der Waals surface area contributed by atoms with Crippen molar-refractivity contribution in [2.75, 3.05) is 13.1 Å². The maximum atomic E-state index is 12.8. The SMILES string of the molecule is C[C@@H]1CN(C(=S)NC(=O)c2ccc(F)cc2)C[C@H](C)O1. The van der Waals surface area contributed by atoms with Crippen LogP contribution in [-0.2, 0) is 4.74 Å². The number of nitrogens with zero attached hydrogens (tertiary/aromatic N) is 1. The van der Waals surface area contributed by atoms with Gasteiger partial charge in [0.25, 0.3) is 5.91 Å². The van der Waals surface area contributed by atoms with Gasteiger partial charge in [0.15, 0.2) is 5.11 Å². The van der Waals surface area contributed by atoms with Crippen LogP contribution in [0.25, 0.3) is 0 Å². The summed E-state index contributed by atoms with van der Waals surface area (Å²) in [4.78, 5) is 13.9. The zero-order valence-electron chi connectivity index (χ0n) is 11.4. The summed E-state index contributed by atoms with van der Waals surface area (Å²) >= 11 is 5.25. The number of hydrogen-bond acceptors (Lipinski definition) is 3. The second-order valence-corrected chi connectivity index (χ2v) is 5.32. The lowest BCUT2D eigenvalue weighted by Gasteiger charge is -2.36. The topological polar surface area (TPSA) is 41.6 Å². The fourth-order valence-corrected chi connectivity index (χ4v) is 2.44. The number of rotatable bonds is 1. The van der Waals surface area contributed by atoms with Crippen LogP contribution in [0.1, 0.15) is 24.2 Å². The number of benzene rings is 1. The van der Waals surface area contributed by atoms with Gasteiger partial charge in [0.1, 0.15) is 5.82 Å². The van der Waals surface area contributed by atoms with Crippen molar-refractivity contribution in [1.29, 1.82) is 0 Å². The van der Waals surface area contributed by atoms with Gasteiger partial charge in [0.05, 0.1) is 12.2 Å². The first kappa shape index (κ1) is 14.9. The fraction of sp³-hybridized carbons (Fsp3) is 0.429. The molecule has 0 radical (unpaired) electrons. The highest BCUT2D eigenvalue weighted by Gasteiger charge is 2.24. The van der Waals surface area contributed by atoms with E-state index in [1.807, 2.05) is 18.7 Å². The summed E-state index contributed by atoms with van der Waals surface area (Å²) in [5.74, 6) is -0.707. The molecular weight excluding hydrogens is 279 g/mol. The molecule has 1 heterocycles.